The number of hydrogen-bond donors (Lipinski definition) is 1. The van der Waals surface area contributed by atoms with Gasteiger partial charge < -0.3 is 15.0 Å². The van der Waals surface area contributed by atoms with Gasteiger partial charge in [0.1, 0.15) is 11.6 Å². The van der Waals surface area contributed by atoms with Gasteiger partial charge in [0.05, 0.1) is 21.7 Å². The highest BCUT2D eigenvalue weighted by Crippen LogP contribution is 2.40. The molecular weight excluding hydrogens is 458 g/mol. The van der Waals surface area contributed by atoms with E-state index in [0.717, 1.165) is 84.4 Å². The molecule has 35 heavy (non-hydrogen) atoms. The molecule has 8 heteroatoms. The normalized spacial score (nSPS) is 21.1. The molecule has 0 spiro atoms. The molecule has 5 rings (SSSR count). The van der Waals surface area contributed by atoms with Gasteiger partial charge in [-0.3, -0.25) is 4.79 Å². The summed E-state index contributed by atoms with van der Waals surface area (Å²) >= 11 is 1.72. The van der Waals surface area contributed by atoms with Crippen LogP contribution in [0, 0.1) is 12.8 Å². The minimum atomic E-state index is 0.157. The van der Waals surface area contributed by atoms with Crippen molar-refractivity contribution >= 4 is 28.9 Å². The Balaban J connectivity index is 1.18. The minimum Gasteiger partial charge on any atom is -0.381 e. The zero-order valence-electron chi connectivity index (χ0n) is 20.4. The first-order chi connectivity index (χ1) is 17.1. The maximum absolute atomic E-state index is 13.0. The molecule has 3 aromatic rings. The maximum Gasteiger partial charge on any atom is 0.225 e. The van der Waals surface area contributed by atoms with Crippen LogP contribution in [0.3, 0.4) is 0 Å². The summed E-state index contributed by atoms with van der Waals surface area (Å²) in [5.41, 5.74) is 2.06. The van der Waals surface area contributed by atoms with Gasteiger partial charge >= 0.3 is 0 Å². The number of anilines is 2. The quantitative estimate of drug-likeness (QED) is 0.486. The molecule has 0 radical (unpaired) electrons. The molecule has 1 saturated carbocycles. The standard InChI is InChI=1S/C27H33N5O2S/c1-18-10-13-28-25(16-18)31-24-5-3-4-22(30-24)23-17-29-26(35-23)19-6-8-20(9-7-19)27(33)32-14-11-21(34-2)12-15-32/h3-5,10,13,16-17,19-21H,6-9,11-12,14-15H2,1-2H3,(H,28,30,31)/t19-,20-. The number of nitrogens with zero attached hydrogens (tertiary/aromatic N) is 4. The molecule has 1 aliphatic carbocycles. The van der Waals surface area contributed by atoms with Crippen LogP contribution < -0.4 is 5.32 Å². The van der Waals surface area contributed by atoms with E-state index < -0.39 is 0 Å². The topological polar surface area (TPSA) is 80.2 Å². The Morgan fingerprint density at radius 2 is 1.86 bits per heavy atom. The van der Waals surface area contributed by atoms with Crippen molar-refractivity contribution in [2.75, 3.05) is 25.5 Å². The van der Waals surface area contributed by atoms with Crippen molar-refractivity contribution in [2.24, 2.45) is 5.92 Å². The first-order valence-electron chi connectivity index (χ1n) is 12.5. The predicted octanol–water partition coefficient (Wildman–Crippen LogP) is 5.56. The zero-order valence-corrected chi connectivity index (χ0v) is 21.3. The molecule has 7 nitrogen and oxygen atoms in total. The van der Waals surface area contributed by atoms with Crippen molar-refractivity contribution in [1.82, 2.24) is 19.9 Å². The number of pyridine rings is 2. The van der Waals surface area contributed by atoms with Gasteiger partial charge in [0.2, 0.25) is 5.91 Å². The molecule has 1 aliphatic heterocycles. The van der Waals surface area contributed by atoms with Crippen molar-refractivity contribution in [3.05, 3.63) is 53.3 Å². The Labute approximate surface area is 211 Å². The first-order valence-corrected chi connectivity index (χ1v) is 13.3. The molecule has 0 unspecified atom stereocenters. The third kappa shape index (κ3) is 5.70. The number of thiazole rings is 1. The Hall–Kier alpha value is -2.84. The average molecular weight is 492 g/mol. The second kappa shape index (κ2) is 10.8. The molecule has 2 aliphatic rings. The van der Waals surface area contributed by atoms with Crippen molar-refractivity contribution in [3.8, 4) is 10.6 Å². The van der Waals surface area contributed by atoms with E-state index in [4.69, 9.17) is 14.7 Å². The number of amides is 1. The van der Waals surface area contributed by atoms with Crippen LogP contribution in [0.4, 0.5) is 11.6 Å². The lowest BCUT2D eigenvalue weighted by Gasteiger charge is -2.35. The monoisotopic (exact) mass is 491 g/mol. The Morgan fingerprint density at radius 3 is 2.60 bits per heavy atom. The van der Waals surface area contributed by atoms with Crippen LogP contribution in [-0.4, -0.2) is 52.1 Å². The van der Waals surface area contributed by atoms with E-state index in [-0.39, 0.29) is 5.92 Å². The number of hydrogen-bond acceptors (Lipinski definition) is 7. The van der Waals surface area contributed by atoms with Gasteiger partial charge in [0, 0.05) is 44.4 Å². The van der Waals surface area contributed by atoms with Crippen LogP contribution in [0.2, 0.25) is 0 Å². The van der Waals surface area contributed by atoms with Crippen molar-refractivity contribution in [3.63, 3.8) is 0 Å². The van der Waals surface area contributed by atoms with Gasteiger partial charge in [-0.05, 0) is 75.3 Å². The van der Waals surface area contributed by atoms with E-state index >= 15 is 0 Å². The van der Waals surface area contributed by atoms with Crippen LogP contribution in [-0.2, 0) is 9.53 Å². The highest BCUT2D eigenvalue weighted by Gasteiger charge is 2.32. The van der Waals surface area contributed by atoms with Gasteiger partial charge in [0.15, 0.2) is 0 Å². The summed E-state index contributed by atoms with van der Waals surface area (Å²) in [5, 5.41) is 4.45. The predicted molar refractivity (Wildman–Crippen MR) is 139 cm³/mol. The summed E-state index contributed by atoms with van der Waals surface area (Å²) in [4.78, 5) is 30.0. The smallest absolute Gasteiger partial charge is 0.225 e. The highest BCUT2D eigenvalue weighted by molar-refractivity contribution is 7.15. The van der Waals surface area contributed by atoms with Gasteiger partial charge in [-0.2, -0.15) is 0 Å². The number of piperidine rings is 1. The molecule has 0 atom stereocenters. The summed E-state index contributed by atoms with van der Waals surface area (Å²) in [6, 6.07) is 9.95. The summed E-state index contributed by atoms with van der Waals surface area (Å²) in [6.45, 7) is 3.70. The molecule has 0 aromatic carbocycles. The molecule has 0 bridgehead atoms. The van der Waals surface area contributed by atoms with Crippen LogP contribution in [0.5, 0.6) is 0 Å². The number of nitrogens with one attached hydrogen (secondary N) is 1. The summed E-state index contributed by atoms with van der Waals surface area (Å²) in [5.74, 6) is 2.48. The van der Waals surface area contributed by atoms with E-state index in [1.54, 1.807) is 24.6 Å². The average Bonchev–Trinajstić information content (AvgIpc) is 3.39. The van der Waals surface area contributed by atoms with E-state index in [1.165, 1.54) is 0 Å². The number of carbonyl (C=O) groups excluding carboxylic acids is 1. The first kappa shape index (κ1) is 23.9. The Morgan fingerprint density at radius 1 is 1.06 bits per heavy atom. The van der Waals surface area contributed by atoms with Gasteiger partial charge in [-0.1, -0.05) is 6.07 Å². The lowest BCUT2D eigenvalue weighted by Crippen LogP contribution is -2.44. The lowest BCUT2D eigenvalue weighted by molar-refractivity contribution is -0.139. The molecule has 1 amide bonds. The van der Waals surface area contributed by atoms with Crippen LogP contribution >= 0.6 is 11.3 Å². The van der Waals surface area contributed by atoms with Crippen LogP contribution in [0.1, 0.15) is 55.0 Å². The third-order valence-electron chi connectivity index (χ3n) is 7.21. The fraction of sp³-hybridized carbons (Fsp3) is 0.481. The fourth-order valence-electron chi connectivity index (χ4n) is 5.13. The number of carbonyl (C=O) groups is 1. The molecule has 1 saturated heterocycles. The van der Waals surface area contributed by atoms with Crippen molar-refractivity contribution in [2.45, 2.75) is 57.5 Å². The van der Waals surface area contributed by atoms with E-state index in [9.17, 15) is 4.79 Å². The summed E-state index contributed by atoms with van der Waals surface area (Å²) in [7, 11) is 1.76. The van der Waals surface area contributed by atoms with Gasteiger partial charge in [-0.25, -0.2) is 15.0 Å². The molecule has 4 heterocycles. The fourth-order valence-corrected chi connectivity index (χ4v) is 6.19. The lowest BCUT2D eigenvalue weighted by atomic mass is 9.81. The van der Waals surface area contributed by atoms with E-state index in [2.05, 4.69) is 15.2 Å². The molecule has 184 valence electrons. The molecule has 1 N–H and O–H groups in total. The number of rotatable bonds is 6. The minimum absolute atomic E-state index is 0.157. The van der Waals surface area contributed by atoms with Crippen molar-refractivity contribution < 1.29 is 9.53 Å². The molecular formula is C27H33N5O2S. The summed E-state index contributed by atoms with van der Waals surface area (Å²) in [6.07, 6.45) is 9.87. The van der Waals surface area contributed by atoms with Gasteiger partial charge in [-0.15, -0.1) is 11.3 Å². The third-order valence-corrected chi connectivity index (χ3v) is 8.39. The maximum atomic E-state index is 13.0. The van der Waals surface area contributed by atoms with E-state index in [0.29, 0.717) is 17.9 Å². The highest BCUT2D eigenvalue weighted by atomic mass is 32.1. The zero-order chi connectivity index (χ0) is 24.2. The SMILES string of the molecule is COC1CCN(C(=O)[C@H]2CC[C@H](c3ncc(-c4cccc(Nc5cc(C)ccn5)n4)s3)CC2)CC1. The second-order valence-electron chi connectivity index (χ2n) is 9.62. The van der Waals surface area contributed by atoms with Crippen LogP contribution in [0.15, 0.2) is 42.7 Å². The Bertz CT molecular complexity index is 1150. The number of likely N-dealkylation sites (tertiary alicyclic amines) is 1. The summed E-state index contributed by atoms with van der Waals surface area (Å²) < 4.78 is 5.44. The molecule has 3 aromatic heterocycles. The number of ether oxygens (including phenoxy) is 1. The number of aryl methyl sites for hydroxylation is 1. The molecule has 2 fully saturated rings. The number of aromatic nitrogens is 3. The largest absolute Gasteiger partial charge is 0.381 e. The van der Waals surface area contributed by atoms with Crippen LogP contribution in [0.25, 0.3) is 10.6 Å². The number of methoxy groups -OCH3 is 1. The van der Waals surface area contributed by atoms with Gasteiger partial charge in [0.25, 0.3) is 0 Å². The Kier molecular flexibility index (Phi) is 7.39. The van der Waals surface area contributed by atoms with Crippen molar-refractivity contribution in [1.29, 1.82) is 0 Å². The van der Waals surface area contributed by atoms with E-state index in [1.807, 2.05) is 43.5 Å². The second-order valence-corrected chi connectivity index (χ2v) is 10.7.